The van der Waals surface area contributed by atoms with Crippen LogP contribution < -0.4 is 10.7 Å². The molecular weight excluding hydrogens is 456 g/mol. The minimum absolute atomic E-state index is 0.0714. The van der Waals surface area contributed by atoms with E-state index in [-0.39, 0.29) is 10.8 Å². The molecule has 1 aromatic heterocycles. The lowest BCUT2D eigenvalue weighted by atomic mass is 9.75. The van der Waals surface area contributed by atoms with Crippen LogP contribution in [-0.4, -0.2) is 27.4 Å². The van der Waals surface area contributed by atoms with E-state index in [4.69, 9.17) is 5.73 Å². The van der Waals surface area contributed by atoms with Gasteiger partial charge in [0.05, 0.1) is 22.6 Å². The third kappa shape index (κ3) is 4.14. The van der Waals surface area contributed by atoms with Crippen molar-refractivity contribution in [2.45, 2.75) is 12.8 Å². The molecule has 0 spiro atoms. The van der Waals surface area contributed by atoms with Crippen molar-refractivity contribution in [2.75, 3.05) is 5.01 Å². The quantitative estimate of drug-likeness (QED) is 0.408. The van der Waals surface area contributed by atoms with E-state index in [1.54, 1.807) is 54.8 Å². The van der Waals surface area contributed by atoms with Crippen molar-refractivity contribution in [3.05, 3.63) is 75.7 Å². The van der Waals surface area contributed by atoms with Crippen molar-refractivity contribution >= 4 is 39.7 Å². The Balaban J connectivity index is 1.68. The summed E-state index contributed by atoms with van der Waals surface area (Å²) in [5, 5.41) is 28.2. The fourth-order valence-electron chi connectivity index (χ4n) is 3.98. The molecule has 0 fully saturated rings. The first-order valence-electron chi connectivity index (χ1n) is 10.1. The number of benzene rings is 2. The Morgan fingerprint density at radius 2 is 2.00 bits per heavy atom. The predicted octanol–water partition coefficient (Wildman–Crippen LogP) is 3.47. The second-order valence-corrected chi connectivity index (χ2v) is 8.47. The highest BCUT2D eigenvalue weighted by molar-refractivity contribution is 7.14. The number of aromatic nitrogens is 1. The number of hydrazone groups is 1. The Kier molecular flexibility index (Phi) is 6.16. The molecule has 1 aliphatic rings. The number of carbonyl (C=O) groups excluding carboxylic acids is 2. The molecule has 0 unspecified atom stereocenters. The number of primary amides is 1. The maximum atomic E-state index is 13.5. The van der Waals surface area contributed by atoms with E-state index in [2.05, 4.69) is 10.1 Å². The predicted molar refractivity (Wildman–Crippen MR) is 126 cm³/mol. The van der Waals surface area contributed by atoms with Gasteiger partial charge in [0.15, 0.2) is 0 Å². The number of nitro benzene ring substituents is 1. The number of hydrogen-bond acceptors (Lipinski definition) is 8. The molecule has 2 N–H and O–H groups in total. The highest BCUT2D eigenvalue weighted by Crippen LogP contribution is 2.40. The maximum Gasteiger partial charge on any atom is 0.270 e. The Hall–Kier alpha value is -4.43. The molecule has 0 radical (unpaired) electrons. The topological polar surface area (TPSA) is 156 Å². The van der Waals surface area contributed by atoms with Crippen LogP contribution in [0.4, 0.5) is 10.8 Å². The number of anilines is 1. The number of carbonyl (C=O) groups is 2. The number of nitrogens with two attached hydrogens (primary N) is 1. The van der Waals surface area contributed by atoms with Gasteiger partial charge in [0.2, 0.25) is 11.0 Å². The zero-order valence-electron chi connectivity index (χ0n) is 17.9. The standard InChI is InChI=1S/C23H18N6O4S/c1-13-19(20(17(11-24)21(25)30)14-6-3-2-4-7-14)22(31)28(27-13)23-26-18(12-34-23)15-8-5-9-16(10-15)29(32)33/h2-10,12,17,19-20H,1H3,(H2,25,30)/t17-,19-,20-/m0/s1. The number of non-ortho nitro benzene ring substituents is 1. The van der Waals surface area contributed by atoms with Gasteiger partial charge in [0.25, 0.3) is 11.6 Å². The first kappa shape index (κ1) is 22.8. The van der Waals surface area contributed by atoms with Gasteiger partial charge in [0, 0.05) is 34.7 Å². The Morgan fingerprint density at radius 3 is 2.65 bits per heavy atom. The van der Waals surface area contributed by atoms with Gasteiger partial charge in [0.1, 0.15) is 5.92 Å². The van der Waals surface area contributed by atoms with Gasteiger partial charge in [-0.1, -0.05) is 42.5 Å². The molecule has 2 heterocycles. The molecule has 170 valence electrons. The second-order valence-electron chi connectivity index (χ2n) is 7.64. The monoisotopic (exact) mass is 474 g/mol. The summed E-state index contributed by atoms with van der Waals surface area (Å²) >= 11 is 1.15. The summed E-state index contributed by atoms with van der Waals surface area (Å²) in [4.78, 5) is 40.6. The van der Waals surface area contributed by atoms with Crippen LogP contribution in [0, 0.1) is 33.3 Å². The van der Waals surface area contributed by atoms with Gasteiger partial charge in [-0.2, -0.15) is 15.4 Å². The molecule has 2 aromatic carbocycles. The third-order valence-corrected chi connectivity index (χ3v) is 6.37. The zero-order chi connectivity index (χ0) is 24.4. The summed E-state index contributed by atoms with van der Waals surface area (Å²) in [5.41, 5.74) is 7.47. The molecule has 1 aliphatic heterocycles. The molecular formula is C23H18N6O4S. The summed E-state index contributed by atoms with van der Waals surface area (Å²) in [5.74, 6) is -4.20. The average molecular weight is 475 g/mol. The van der Waals surface area contributed by atoms with E-state index in [9.17, 15) is 25.0 Å². The van der Waals surface area contributed by atoms with Crippen LogP contribution in [0.2, 0.25) is 0 Å². The number of nitro groups is 1. The number of nitriles is 1. The van der Waals surface area contributed by atoms with Crippen LogP contribution >= 0.6 is 11.3 Å². The lowest BCUT2D eigenvalue weighted by molar-refractivity contribution is -0.384. The zero-order valence-corrected chi connectivity index (χ0v) is 18.7. The summed E-state index contributed by atoms with van der Waals surface area (Å²) in [6.07, 6.45) is 0. The fourth-order valence-corrected chi connectivity index (χ4v) is 4.76. The van der Waals surface area contributed by atoms with Crippen molar-refractivity contribution in [3.63, 3.8) is 0 Å². The van der Waals surface area contributed by atoms with Gasteiger partial charge in [-0.15, -0.1) is 11.3 Å². The van der Waals surface area contributed by atoms with Gasteiger partial charge < -0.3 is 5.73 Å². The second kappa shape index (κ2) is 9.21. The highest BCUT2D eigenvalue weighted by atomic mass is 32.1. The molecule has 0 aliphatic carbocycles. The van der Waals surface area contributed by atoms with Crippen LogP contribution in [0.25, 0.3) is 11.3 Å². The number of hydrogen-bond donors (Lipinski definition) is 1. The van der Waals surface area contributed by atoms with Gasteiger partial charge in [-0.3, -0.25) is 19.7 Å². The third-order valence-electron chi connectivity index (χ3n) is 5.56. The molecule has 4 rings (SSSR count). The van der Waals surface area contributed by atoms with E-state index < -0.39 is 34.5 Å². The van der Waals surface area contributed by atoms with Crippen molar-refractivity contribution in [2.24, 2.45) is 22.7 Å². The van der Waals surface area contributed by atoms with Crippen molar-refractivity contribution in [3.8, 4) is 17.3 Å². The molecule has 3 aromatic rings. The Labute approximate surface area is 198 Å². The Bertz CT molecular complexity index is 1350. The number of rotatable bonds is 7. The molecule has 34 heavy (non-hydrogen) atoms. The minimum atomic E-state index is -1.24. The van der Waals surface area contributed by atoms with E-state index in [1.165, 1.54) is 12.1 Å². The number of amides is 2. The largest absolute Gasteiger partial charge is 0.369 e. The van der Waals surface area contributed by atoms with Crippen LogP contribution in [0.15, 0.2) is 65.1 Å². The molecule has 2 amide bonds. The first-order valence-corrected chi connectivity index (χ1v) is 11.0. The fraction of sp³-hybridized carbons (Fsp3) is 0.174. The number of nitrogens with zero attached hydrogens (tertiary/aromatic N) is 5. The van der Waals surface area contributed by atoms with Gasteiger partial charge >= 0.3 is 0 Å². The maximum absolute atomic E-state index is 13.5. The lowest BCUT2D eigenvalue weighted by Gasteiger charge is -2.25. The number of thiazole rings is 1. The normalized spacial score (nSPS) is 17.1. The first-order chi connectivity index (χ1) is 16.3. The van der Waals surface area contributed by atoms with Crippen molar-refractivity contribution in [1.29, 1.82) is 5.26 Å². The molecule has 10 nitrogen and oxygen atoms in total. The smallest absolute Gasteiger partial charge is 0.270 e. The summed E-state index contributed by atoms with van der Waals surface area (Å²) in [7, 11) is 0. The molecule has 11 heteroatoms. The van der Waals surface area contributed by atoms with E-state index in [0.29, 0.717) is 22.5 Å². The summed E-state index contributed by atoms with van der Waals surface area (Å²) in [6, 6.07) is 16.8. The van der Waals surface area contributed by atoms with Crippen LogP contribution in [0.5, 0.6) is 0 Å². The Morgan fingerprint density at radius 1 is 1.26 bits per heavy atom. The van der Waals surface area contributed by atoms with Gasteiger partial charge in [-0.05, 0) is 12.5 Å². The van der Waals surface area contributed by atoms with Crippen LogP contribution in [-0.2, 0) is 9.59 Å². The van der Waals surface area contributed by atoms with Crippen molar-refractivity contribution < 1.29 is 14.5 Å². The molecule has 0 bridgehead atoms. The van der Waals surface area contributed by atoms with E-state index in [1.807, 2.05) is 6.07 Å². The van der Waals surface area contributed by atoms with E-state index in [0.717, 1.165) is 16.3 Å². The van der Waals surface area contributed by atoms with Crippen molar-refractivity contribution in [1.82, 2.24) is 4.98 Å². The lowest BCUT2D eigenvalue weighted by Crippen LogP contribution is -2.38. The summed E-state index contributed by atoms with van der Waals surface area (Å²) < 4.78 is 0. The molecule has 3 atom stereocenters. The summed E-state index contributed by atoms with van der Waals surface area (Å²) in [6.45, 7) is 1.66. The molecule has 0 saturated carbocycles. The van der Waals surface area contributed by atoms with Gasteiger partial charge in [-0.25, -0.2) is 4.98 Å². The average Bonchev–Trinajstić information content (AvgIpc) is 3.42. The van der Waals surface area contributed by atoms with Crippen LogP contribution in [0.1, 0.15) is 18.4 Å². The van der Waals surface area contributed by atoms with E-state index >= 15 is 0 Å². The SMILES string of the molecule is CC1=NN(c2nc(-c3cccc([N+](=O)[O-])c3)cs2)C(=O)[C@@H]1[C@@H](c1ccccc1)[C@H](C#N)C(N)=O. The minimum Gasteiger partial charge on any atom is -0.369 e. The highest BCUT2D eigenvalue weighted by Gasteiger charge is 2.46. The molecule has 0 saturated heterocycles. The van der Waals surface area contributed by atoms with Crippen LogP contribution in [0.3, 0.4) is 0 Å².